The SMILES string of the molecule is CCCCCCCCCC(=O)OC1C(OC2C(C)OC3OC4C(OC(CCCCC)CCCCCCCCCC(=O)OC3C2O)OC(C)C(O)C4O)OC(C)C(OC2OC(C)C(OC(=O)C(C)CC)C(O)C2OC(=O)C=Cc2ccccc2)C1OC1OC(C)C(O)C(O)C1O. The smallest absolute Gasteiger partial charge is 0.331 e. The maximum Gasteiger partial charge on any atom is 0.331 e. The van der Waals surface area contributed by atoms with Crippen molar-refractivity contribution in [2.45, 2.75) is 363 Å². The normalized spacial score (nSPS) is 39.1. The van der Waals surface area contributed by atoms with E-state index >= 15 is 0 Å². The number of carbonyl (C=O) groups excluding carboxylic acids is 4. The van der Waals surface area contributed by atoms with Gasteiger partial charge in [-0.25, -0.2) is 4.79 Å². The Hall–Kier alpha value is -3.84. The molecule has 27 atom stereocenters. The van der Waals surface area contributed by atoms with Gasteiger partial charge in [-0.05, 0) is 78.4 Å². The summed E-state index contributed by atoms with van der Waals surface area (Å²) in [5.74, 6) is -3.67. The molecule has 7 N–H and O–H groups in total. The summed E-state index contributed by atoms with van der Waals surface area (Å²) in [7, 11) is 0. The second-order valence-corrected chi connectivity index (χ2v) is 26.8. The third-order valence-electron chi connectivity index (χ3n) is 19.1. The Morgan fingerprint density at radius 2 is 1.06 bits per heavy atom. The maximum atomic E-state index is 14.5. The van der Waals surface area contributed by atoms with Crippen LogP contribution < -0.4 is 0 Å². The zero-order chi connectivity index (χ0) is 68.9. The molecule has 6 saturated heterocycles. The number of hydrogen-bond acceptors (Lipinski definition) is 25. The quantitative estimate of drug-likeness (QED) is 0.0229. The fourth-order valence-electron chi connectivity index (χ4n) is 12.9. The van der Waals surface area contributed by atoms with Crippen LogP contribution >= 0.6 is 0 Å². The zero-order valence-electron chi connectivity index (χ0n) is 57.2. The molecule has 6 fully saturated rings. The van der Waals surface area contributed by atoms with E-state index in [2.05, 4.69) is 13.8 Å². The number of rotatable bonds is 25. The molecule has 7 rings (SSSR count). The van der Waals surface area contributed by atoms with E-state index in [-0.39, 0.29) is 18.9 Å². The predicted octanol–water partition coefficient (Wildman–Crippen LogP) is 6.81. The van der Waals surface area contributed by atoms with Crippen molar-refractivity contribution in [1.82, 2.24) is 0 Å². The molecule has 0 bridgehead atoms. The lowest BCUT2D eigenvalue weighted by Gasteiger charge is -2.51. The summed E-state index contributed by atoms with van der Waals surface area (Å²) >= 11 is 0. The van der Waals surface area contributed by atoms with Gasteiger partial charge in [0.2, 0.25) is 0 Å². The van der Waals surface area contributed by atoms with Crippen molar-refractivity contribution in [3.8, 4) is 0 Å². The Labute approximate surface area is 560 Å². The summed E-state index contributed by atoms with van der Waals surface area (Å²) in [6, 6.07) is 8.85. The van der Waals surface area contributed by atoms with Crippen LogP contribution in [0, 0.1) is 5.92 Å². The lowest BCUT2D eigenvalue weighted by atomic mass is 9.95. The first-order valence-corrected chi connectivity index (χ1v) is 35.4. The number of hydrogen-bond donors (Lipinski definition) is 7. The molecular formula is C70H112O25. The Kier molecular flexibility index (Phi) is 32.4. The lowest BCUT2D eigenvalue weighted by Crippen LogP contribution is -2.68. The molecule has 0 radical (unpaired) electrons. The Morgan fingerprint density at radius 3 is 1.76 bits per heavy atom. The number of ether oxygens (including phenoxy) is 14. The minimum Gasteiger partial charge on any atom is -0.456 e. The summed E-state index contributed by atoms with van der Waals surface area (Å²) in [5, 5.41) is 81.9. The van der Waals surface area contributed by atoms with E-state index < -0.39 is 183 Å². The third kappa shape index (κ3) is 22.3. The number of benzene rings is 1. The van der Waals surface area contributed by atoms with Gasteiger partial charge in [0.25, 0.3) is 0 Å². The number of esters is 4. The molecule has 6 aliphatic heterocycles. The first-order chi connectivity index (χ1) is 45.5. The van der Waals surface area contributed by atoms with Crippen molar-refractivity contribution in [1.29, 1.82) is 0 Å². The molecule has 25 heteroatoms. The van der Waals surface area contributed by atoms with Gasteiger partial charge in [-0.2, -0.15) is 0 Å². The van der Waals surface area contributed by atoms with Crippen molar-refractivity contribution in [3.63, 3.8) is 0 Å². The van der Waals surface area contributed by atoms with Crippen molar-refractivity contribution in [2.24, 2.45) is 5.92 Å². The zero-order valence-corrected chi connectivity index (χ0v) is 57.2. The molecule has 0 amide bonds. The molecule has 95 heavy (non-hydrogen) atoms. The first kappa shape index (κ1) is 78.5. The number of fused-ring (bicyclic) bond motifs is 2. The molecule has 1 aromatic carbocycles. The molecule has 0 aromatic heterocycles. The van der Waals surface area contributed by atoms with E-state index in [0.717, 1.165) is 96.0 Å². The van der Waals surface area contributed by atoms with Crippen LogP contribution in [0.1, 0.15) is 209 Å². The summed E-state index contributed by atoms with van der Waals surface area (Å²) in [6.45, 7) is 15.3. The van der Waals surface area contributed by atoms with Crippen LogP contribution in [0.25, 0.3) is 6.08 Å². The fraction of sp³-hybridized carbons (Fsp3) is 0.829. The number of unbranched alkanes of at least 4 members (excludes halogenated alkanes) is 8. The van der Waals surface area contributed by atoms with Crippen LogP contribution in [0.3, 0.4) is 0 Å². The van der Waals surface area contributed by atoms with Crippen LogP contribution in [0.5, 0.6) is 0 Å². The Balaban J connectivity index is 1.26. The summed E-state index contributed by atoms with van der Waals surface area (Å²) < 4.78 is 89.8. The average Bonchev–Trinajstić information content (AvgIpc) is 0.769. The summed E-state index contributed by atoms with van der Waals surface area (Å²) in [6.07, 6.45) is -20.2. The van der Waals surface area contributed by atoms with Gasteiger partial charge in [-0.1, -0.05) is 154 Å². The molecule has 1 aromatic rings. The van der Waals surface area contributed by atoms with E-state index in [1.54, 1.807) is 51.1 Å². The third-order valence-corrected chi connectivity index (χ3v) is 19.1. The molecule has 0 spiro atoms. The van der Waals surface area contributed by atoms with Crippen LogP contribution in [0.15, 0.2) is 36.4 Å². The van der Waals surface area contributed by atoms with Gasteiger partial charge < -0.3 is 102 Å². The maximum absolute atomic E-state index is 14.5. The van der Waals surface area contributed by atoms with Gasteiger partial charge in [0, 0.05) is 18.9 Å². The highest BCUT2D eigenvalue weighted by atomic mass is 16.8. The molecular weight excluding hydrogens is 1240 g/mol. The number of aliphatic hydroxyl groups excluding tert-OH is 7. The van der Waals surface area contributed by atoms with Crippen LogP contribution in [0.4, 0.5) is 0 Å². The molecule has 27 unspecified atom stereocenters. The fourth-order valence-corrected chi connectivity index (χ4v) is 12.9. The van der Waals surface area contributed by atoms with E-state index in [0.29, 0.717) is 44.1 Å². The van der Waals surface area contributed by atoms with Gasteiger partial charge in [0.05, 0.1) is 42.5 Å². The molecule has 0 saturated carbocycles. The first-order valence-electron chi connectivity index (χ1n) is 35.4. The largest absolute Gasteiger partial charge is 0.456 e. The standard InChI is InChI=1S/C70H112O25/c1-10-13-15-16-18-22-30-36-48(72)90-64-63(95-66-54(78)52(76)50(74)40(5)82-66)59(93-68-61(89-49(73)38-37-45-31-26-24-27-32-45)55(79)57(42(7)84-68)91-65(81)39(4)12-3)44(9)86-70(64)92-58-43(8)85-69-62(56(58)80)88-47(71)35-29-23-20-17-19-21-28-34-46(33-25-14-11-2)87-67-60(94-69)53(77)51(75)41(6)83-67/h24,26-27,31-32,37-44,46,50-64,66-70,74-80H,10-23,25,28-30,33-36H2,1-9H3. The van der Waals surface area contributed by atoms with Crippen molar-refractivity contribution < 1.29 is 121 Å². The molecule has 542 valence electrons. The molecule has 25 nitrogen and oxygen atoms in total. The van der Waals surface area contributed by atoms with Crippen molar-refractivity contribution in [3.05, 3.63) is 42.0 Å². The topological polar surface area (TPSA) is 339 Å². The average molecular weight is 1350 g/mol. The van der Waals surface area contributed by atoms with E-state index in [9.17, 15) is 54.9 Å². The van der Waals surface area contributed by atoms with Gasteiger partial charge >= 0.3 is 23.9 Å². The van der Waals surface area contributed by atoms with Gasteiger partial charge in [-0.3, -0.25) is 14.4 Å². The highest BCUT2D eigenvalue weighted by Gasteiger charge is 2.59. The predicted molar refractivity (Wildman–Crippen MR) is 341 cm³/mol. The highest BCUT2D eigenvalue weighted by Crippen LogP contribution is 2.40. The summed E-state index contributed by atoms with van der Waals surface area (Å²) in [4.78, 5) is 55.7. The number of aliphatic hydroxyl groups is 7. The van der Waals surface area contributed by atoms with Crippen molar-refractivity contribution in [2.75, 3.05) is 0 Å². The van der Waals surface area contributed by atoms with Crippen LogP contribution in [-0.4, -0.2) is 219 Å². The Bertz CT molecular complexity index is 2460. The molecule has 0 aliphatic carbocycles. The minimum absolute atomic E-state index is 0.0394. The van der Waals surface area contributed by atoms with Gasteiger partial charge in [0.1, 0.15) is 67.1 Å². The lowest BCUT2D eigenvalue weighted by molar-refractivity contribution is -0.399. The monoisotopic (exact) mass is 1350 g/mol. The van der Waals surface area contributed by atoms with Crippen LogP contribution in [-0.2, 0) is 85.5 Å². The summed E-state index contributed by atoms with van der Waals surface area (Å²) in [5.41, 5.74) is 0.645. The Morgan fingerprint density at radius 1 is 0.505 bits per heavy atom. The van der Waals surface area contributed by atoms with Gasteiger partial charge in [0.15, 0.2) is 55.9 Å². The second kappa shape index (κ2) is 39.2. The van der Waals surface area contributed by atoms with Crippen LogP contribution in [0.2, 0.25) is 0 Å². The highest BCUT2D eigenvalue weighted by molar-refractivity contribution is 5.87. The molecule has 6 aliphatic rings. The van der Waals surface area contributed by atoms with E-state index in [1.807, 2.05) is 0 Å². The van der Waals surface area contributed by atoms with Gasteiger partial charge in [-0.15, -0.1) is 0 Å². The van der Waals surface area contributed by atoms with E-state index in [4.69, 9.17) is 66.3 Å². The molecule has 6 heterocycles. The van der Waals surface area contributed by atoms with Crippen molar-refractivity contribution >= 4 is 30.0 Å². The van der Waals surface area contributed by atoms with E-state index in [1.165, 1.54) is 33.8 Å². The number of carbonyl (C=O) groups is 4. The second-order valence-electron chi connectivity index (χ2n) is 26.8. The minimum atomic E-state index is -1.95.